The van der Waals surface area contributed by atoms with E-state index in [9.17, 15) is 14.7 Å². The molecule has 3 heterocycles. The number of benzene rings is 1. The molecule has 10 heteroatoms. The van der Waals surface area contributed by atoms with Crippen molar-refractivity contribution in [1.29, 1.82) is 0 Å². The highest BCUT2D eigenvalue weighted by atomic mass is 35.5. The van der Waals surface area contributed by atoms with Crippen LogP contribution in [0.5, 0.6) is 0 Å². The number of halogens is 2. The van der Waals surface area contributed by atoms with Crippen molar-refractivity contribution < 1.29 is 14.7 Å². The first-order valence-electron chi connectivity index (χ1n) is 11.0. The number of amides is 2. The van der Waals surface area contributed by atoms with Crippen LogP contribution in [0.1, 0.15) is 43.1 Å². The Morgan fingerprint density at radius 2 is 1.97 bits per heavy atom. The third-order valence-electron chi connectivity index (χ3n) is 5.96. The summed E-state index contributed by atoms with van der Waals surface area (Å²) in [6.07, 6.45) is 6.73. The van der Waals surface area contributed by atoms with Crippen LogP contribution in [0.15, 0.2) is 54.1 Å². The number of allylic oxidation sites excluding steroid dienone is 2. The average molecular weight is 504 g/mol. The van der Waals surface area contributed by atoms with Crippen LogP contribution < -0.4 is 5.32 Å². The molecule has 2 amide bonds. The maximum absolute atomic E-state index is 13.1. The van der Waals surface area contributed by atoms with Crippen molar-refractivity contribution in [1.82, 2.24) is 24.9 Å². The summed E-state index contributed by atoms with van der Waals surface area (Å²) in [5, 5.41) is 17.7. The predicted octanol–water partition coefficient (Wildman–Crippen LogP) is 4.60. The van der Waals surface area contributed by atoms with Gasteiger partial charge in [0.25, 0.3) is 5.91 Å². The number of likely N-dealkylation sites (tertiary alicyclic amines) is 1. The van der Waals surface area contributed by atoms with Crippen LogP contribution in [0.4, 0.5) is 4.79 Å². The number of aromatic nitrogens is 2. The van der Waals surface area contributed by atoms with Gasteiger partial charge in [-0.2, -0.15) is 5.10 Å². The molecule has 1 aromatic carbocycles. The van der Waals surface area contributed by atoms with Crippen molar-refractivity contribution in [3.63, 3.8) is 0 Å². The number of rotatable bonds is 4. The lowest BCUT2D eigenvalue weighted by Crippen LogP contribution is -2.57. The second-order valence-corrected chi connectivity index (χ2v) is 10.3. The molecule has 0 saturated carbocycles. The second kappa shape index (κ2) is 9.35. The summed E-state index contributed by atoms with van der Waals surface area (Å²) in [6.45, 7) is 7.51. The highest BCUT2D eigenvalue weighted by Gasteiger charge is 2.39. The van der Waals surface area contributed by atoms with E-state index >= 15 is 0 Å². The molecule has 0 spiro atoms. The van der Waals surface area contributed by atoms with E-state index in [1.165, 1.54) is 11.1 Å². The number of hydrogen-bond acceptors (Lipinski definition) is 4. The van der Waals surface area contributed by atoms with Gasteiger partial charge in [0, 0.05) is 24.8 Å². The van der Waals surface area contributed by atoms with Gasteiger partial charge in [0.2, 0.25) is 0 Å². The van der Waals surface area contributed by atoms with E-state index in [0.717, 1.165) is 11.1 Å². The van der Waals surface area contributed by atoms with Gasteiger partial charge < -0.3 is 20.2 Å². The Balaban J connectivity index is 1.51. The van der Waals surface area contributed by atoms with Crippen molar-refractivity contribution in [3.05, 3.63) is 75.3 Å². The van der Waals surface area contributed by atoms with Crippen molar-refractivity contribution in [2.75, 3.05) is 13.1 Å². The van der Waals surface area contributed by atoms with Crippen LogP contribution in [0.25, 0.3) is 0 Å². The number of piperidine rings is 1. The molecule has 1 unspecified atom stereocenters. The zero-order valence-corrected chi connectivity index (χ0v) is 20.8. The number of nitrogens with one attached hydrogen (secondary N) is 1. The van der Waals surface area contributed by atoms with Gasteiger partial charge in [-0.1, -0.05) is 35.3 Å². The molecule has 2 N–H and O–H groups in total. The molecule has 1 aromatic heterocycles. The fraction of sp³-hybridized carbons (Fsp3) is 0.375. The molecule has 8 nitrogen and oxygen atoms in total. The molecule has 1 fully saturated rings. The SMILES string of the molecule is CC(C)(C)N1C(NC(=O)c2cnn(Cc3ccc(Cl)c(Cl)c3)c2)=CC=C2CN(C(=O)O)CCC21. The molecular formula is C24H27Cl2N5O3. The first kappa shape index (κ1) is 24.2. The summed E-state index contributed by atoms with van der Waals surface area (Å²) in [5.41, 5.74) is 2.09. The van der Waals surface area contributed by atoms with E-state index in [2.05, 4.69) is 36.1 Å². The monoisotopic (exact) mass is 503 g/mol. The number of carboxylic acid groups (broad SMARTS) is 1. The highest BCUT2D eigenvalue weighted by Crippen LogP contribution is 2.34. The van der Waals surface area contributed by atoms with Crippen LogP contribution in [0.3, 0.4) is 0 Å². The molecule has 2 aliphatic heterocycles. The molecule has 4 rings (SSSR count). The molecule has 1 atom stereocenters. The van der Waals surface area contributed by atoms with Gasteiger partial charge in [-0.15, -0.1) is 0 Å². The summed E-state index contributed by atoms with van der Waals surface area (Å²) in [4.78, 5) is 28.1. The smallest absolute Gasteiger partial charge is 0.407 e. The third kappa shape index (κ3) is 5.08. The number of fused-ring (bicyclic) bond motifs is 1. The van der Waals surface area contributed by atoms with Crippen LogP contribution in [-0.2, 0) is 6.54 Å². The van der Waals surface area contributed by atoms with E-state index < -0.39 is 6.09 Å². The van der Waals surface area contributed by atoms with E-state index in [-0.39, 0.29) is 17.5 Å². The number of carbonyl (C=O) groups excluding carboxylic acids is 1. The van der Waals surface area contributed by atoms with Crippen molar-refractivity contribution in [2.45, 2.75) is 45.3 Å². The van der Waals surface area contributed by atoms with Gasteiger partial charge in [-0.3, -0.25) is 9.48 Å². The van der Waals surface area contributed by atoms with E-state index in [1.54, 1.807) is 23.0 Å². The van der Waals surface area contributed by atoms with Crippen LogP contribution in [0, 0.1) is 0 Å². The highest BCUT2D eigenvalue weighted by molar-refractivity contribution is 6.42. The topological polar surface area (TPSA) is 90.7 Å². The lowest BCUT2D eigenvalue weighted by molar-refractivity contribution is 0.0797. The van der Waals surface area contributed by atoms with Gasteiger partial charge in [-0.05, 0) is 56.5 Å². The normalized spacial score (nSPS) is 18.2. The van der Waals surface area contributed by atoms with E-state index in [1.807, 2.05) is 18.2 Å². The van der Waals surface area contributed by atoms with Crippen LogP contribution in [0.2, 0.25) is 10.0 Å². The lowest BCUT2D eigenvalue weighted by atomic mass is 9.90. The Hall–Kier alpha value is -2.97. The van der Waals surface area contributed by atoms with Crippen LogP contribution in [-0.4, -0.2) is 61.4 Å². The molecule has 0 radical (unpaired) electrons. The van der Waals surface area contributed by atoms with Crippen LogP contribution >= 0.6 is 23.2 Å². The molecule has 180 valence electrons. The number of carbonyl (C=O) groups is 2. The third-order valence-corrected chi connectivity index (χ3v) is 6.70. The summed E-state index contributed by atoms with van der Waals surface area (Å²) in [5.74, 6) is 0.424. The van der Waals surface area contributed by atoms with E-state index in [4.69, 9.17) is 23.2 Å². The van der Waals surface area contributed by atoms with Gasteiger partial charge in [-0.25, -0.2) is 4.79 Å². The molecule has 0 bridgehead atoms. The summed E-state index contributed by atoms with van der Waals surface area (Å²) in [6, 6.07) is 5.39. The minimum atomic E-state index is -0.914. The molecule has 34 heavy (non-hydrogen) atoms. The van der Waals surface area contributed by atoms with Crippen molar-refractivity contribution in [3.8, 4) is 0 Å². The average Bonchev–Trinajstić information content (AvgIpc) is 3.23. The maximum atomic E-state index is 13.1. The van der Waals surface area contributed by atoms with Gasteiger partial charge in [0.15, 0.2) is 0 Å². The Morgan fingerprint density at radius 3 is 2.65 bits per heavy atom. The van der Waals surface area contributed by atoms with Gasteiger partial charge in [0.05, 0.1) is 34.4 Å². The van der Waals surface area contributed by atoms with E-state index in [0.29, 0.717) is 47.5 Å². The molecular weight excluding hydrogens is 477 g/mol. The Morgan fingerprint density at radius 1 is 1.21 bits per heavy atom. The zero-order chi connectivity index (χ0) is 24.6. The standard InChI is InChI=1S/C24H27Cl2N5O3/c1-24(2,3)31-20-8-9-29(23(33)34)13-16(20)5-7-21(31)28-22(32)17-11-27-30(14-17)12-15-4-6-18(25)19(26)10-15/h4-7,10-11,14,20H,8-9,12-13H2,1-3H3,(H,28,32)(H,33,34). The first-order chi connectivity index (χ1) is 16.0. The predicted molar refractivity (Wildman–Crippen MR) is 131 cm³/mol. The van der Waals surface area contributed by atoms with Crippen molar-refractivity contribution >= 4 is 35.2 Å². The number of nitrogens with zero attached hydrogens (tertiary/aromatic N) is 4. The fourth-order valence-corrected chi connectivity index (χ4v) is 4.76. The first-order valence-corrected chi connectivity index (χ1v) is 11.7. The summed E-state index contributed by atoms with van der Waals surface area (Å²) < 4.78 is 1.67. The molecule has 1 saturated heterocycles. The van der Waals surface area contributed by atoms with Crippen molar-refractivity contribution in [2.24, 2.45) is 0 Å². The minimum absolute atomic E-state index is 0.0216. The largest absolute Gasteiger partial charge is 0.465 e. The van der Waals surface area contributed by atoms with Gasteiger partial charge >= 0.3 is 6.09 Å². The summed E-state index contributed by atoms with van der Waals surface area (Å²) in [7, 11) is 0. The summed E-state index contributed by atoms with van der Waals surface area (Å²) >= 11 is 12.1. The van der Waals surface area contributed by atoms with Gasteiger partial charge in [0.1, 0.15) is 5.82 Å². The molecule has 2 aliphatic rings. The molecule has 2 aromatic rings. The second-order valence-electron chi connectivity index (χ2n) is 9.47. The quantitative estimate of drug-likeness (QED) is 0.635. The molecule has 0 aliphatic carbocycles. The Labute approximate surface area is 208 Å². The Bertz CT molecular complexity index is 1180. The minimum Gasteiger partial charge on any atom is -0.465 e. The number of hydrogen-bond donors (Lipinski definition) is 2. The Kier molecular flexibility index (Phi) is 6.64. The maximum Gasteiger partial charge on any atom is 0.407 e. The lowest BCUT2D eigenvalue weighted by Gasteiger charge is -2.49. The zero-order valence-electron chi connectivity index (χ0n) is 19.3. The fourth-order valence-electron chi connectivity index (χ4n) is 4.44.